The van der Waals surface area contributed by atoms with Gasteiger partial charge >= 0.3 is 0 Å². The molecule has 0 saturated heterocycles. The van der Waals surface area contributed by atoms with E-state index in [0.29, 0.717) is 0 Å². The number of aromatic hydroxyl groups is 1. The molecule has 0 aliphatic rings. The second kappa shape index (κ2) is 5.74. The maximum atomic E-state index is 11.8. The summed E-state index contributed by atoms with van der Waals surface area (Å²) in [6, 6.07) is 3.47. The quantitative estimate of drug-likeness (QED) is 0.296. The van der Waals surface area contributed by atoms with E-state index in [1.54, 1.807) is 0 Å². The van der Waals surface area contributed by atoms with Crippen LogP contribution in [0.5, 0.6) is 5.75 Å². The first kappa shape index (κ1) is 15.7. The van der Waals surface area contributed by atoms with Gasteiger partial charge in [0.15, 0.2) is 0 Å². The van der Waals surface area contributed by atoms with Crippen molar-refractivity contribution in [3.63, 3.8) is 0 Å². The minimum Gasteiger partial charge on any atom is -0.506 e. The second-order valence-corrected chi connectivity index (χ2v) is 7.38. The lowest BCUT2D eigenvalue weighted by molar-refractivity contribution is 0.477. The highest BCUT2D eigenvalue weighted by molar-refractivity contribution is 7.89. The number of phenolic OH excluding ortho intramolecular Hbond substituents is 1. The predicted octanol–water partition coefficient (Wildman–Crippen LogP) is -1.20. The summed E-state index contributed by atoms with van der Waals surface area (Å²) in [5.74, 6) is -0.210. The normalized spacial score (nSPS) is 12.5. The Balaban J connectivity index is 2.68. The summed E-state index contributed by atoms with van der Waals surface area (Å²) in [5, 5.41) is 9.20. The average Bonchev–Trinajstić information content (AvgIpc) is 2.27. The summed E-state index contributed by atoms with van der Waals surface area (Å²) >= 11 is 0. The van der Waals surface area contributed by atoms with Gasteiger partial charge in [-0.05, 0) is 18.2 Å². The molecule has 0 fully saturated rings. The molecule has 10 heteroatoms. The minimum absolute atomic E-state index is 0.0582. The summed E-state index contributed by atoms with van der Waals surface area (Å²) in [7, 11) is -7.15. The standard InChI is InChI=1S/C9H15N3O5S2/c1-18(14,15)11-4-5-12-19(16,17)7-2-3-9(13)8(10)6-7/h2-3,6,11-13H,4-5,10H2,1H3. The van der Waals surface area contributed by atoms with Crippen LogP contribution < -0.4 is 15.2 Å². The predicted molar refractivity (Wildman–Crippen MR) is 70.6 cm³/mol. The molecule has 0 bridgehead atoms. The van der Waals surface area contributed by atoms with Gasteiger partial charge in [-0.25, -0.2) is 26.3 Å². The Morgan fingerprint density at radius 2 is 1.74 bits per heavy atom. The highest BCUT2D eigenvalue weighted by Crippen LogP contribution is 2.22. The Labute approximate surface area is 111 Å². The molecular weight excluding hydrogens is 294 g/mol. The lowest BCUT2D eigenvalue weighted by atomic mass is 10.3. The Bertz CT molecular complexity index is 654. The fourth-order valence-electron chi connectivity index (χ4n) is 1.20. The smallest absolute Gasteiger partial charge is 0.240 e. The van der Waals surface area contributed by atoms with E-state index in [4.69, 9.17) is 5.73 Å². The van der Waals surface area contributed by atoms with E-state index in [-0.39, 0.29) is 29.4 Å². The molecule has 0 aliphatic carbocycles. The van der Waals surface area contributed by atoms with Crippen LogP contribution in [-0.4, -0.2) is 41.3 Å². The zero-order valence-corrected chi connectivity index (χ0v) is 11.8. The molecule has 0 saturated carbocycles. The highest BCUT2D eigenvalue weighted by Gasteiger charge is 2.14. The molecule has 0 heterocycles. The summed E-state index contributed by atoms with van der Waals surface area (Å²) in [4.78, 5) is -0.109. The number of nitrogen functional groups attached to an aromatic ring is 1. The van der Waals surface area contributed by atoms with Crippen molar-refractivity contribution >= 4 is 25.7 Å². The molecule has 1 aromatic rings. The van der Waals surface area contributed by atoms with Gasteiger partial charge in [0.25, 0.3) is 0 Å². The van der Waals surface area contributed by atoms with E-state index in [1.807, 2.05) is 0 Å². The van der Waals surface area contributed by atoms with Crippen LogP contribution >= 0.6 is 0 Å². The van der Waals surface area contributed by atoms with Crippen LogP contribution in [-0.2, 0) is 20.0 Å². The molecule has 19 heavy (non-hydrogen) atoms. The van der Waals surface area contributed by atoms with Crippen LogP contribution in [0, 0.1) is 0 Å². The molecule has 0 amide bonds. The zero-order valence-electron chi connectivity index (χ0n) is 10.1. The van der Waals surface area contributed by atoms with Crippen molar-refractivity contribution in [2.45, 2.75) is 4.90 Å². The lowest BCUT2D eigenvalue weighted by Gasteiger charge is -2.08. The average molecular weight is 309 g/mol. The van der Waals surface area contributed by atoms with E-state index in [1.165, 1.54) is 12.1 Å². The van der Waals surface area contributed by atoms with Gasteiger partial charge in [-0.3, -0.25) is 0 Å². The Morgan fingerprint density at radius 3 is 2.26 bits per heavy atom. The van der Waals surface area contributed by atoms with Gasteiger partial charge in [-0.15, -0.1) is 0 Å². The van der Waals surface area contributed by atoms with Crippen LogP contribution in [0.15, 0.2) is 23.1 Å². The van der Waals surface area contributed by atoms with Crippen molar-refractivity contribution in [1.82, 2.24) is 9.44 Å². The number of phenols is 1. The van der Waals surface area contributed by atoms with E-state index in [0.717, 1.165) is 12.3 Å². The topological polar surface area (TPSA) is 139 Å². The van der Waals surface area contributed by atoms with Crippen molar-refractivity contribution in [2.24, 2.45) is 0 Å². The van der Waals surface area contributed by atoms with Crippen molar-refractivity contribution in [2.75, 3.05) is 25.1 Å². The van der Waals surface area contributed by atoms with Gasteiger partial charge in [-0.1, -0.05) is 0 Å². The second-order valence-electron chi connectivity index (χ2n) is 3.78. The molecule has 0 radical (unpaired) electrons. The molecule has 0 atom stereocenters. The van der Waals surface area contributed by atoms with Crippen LogP contribution in [0.1, 0.15) is 0 Å². The van der Waals surface area contributed by atoms with Crippen molar-refractivity contribution in [1.29, 1.82) is 0 Å². The van der Waals surface area contributed by atoms with E-state index >= 15 is 0 Å². The summed E-state index contributed by atoms with van der Waals surface area (Å²) in [6.45, 7) is -0.165. The molecule has 0 aliphatic heterocycles. The fraction of sp³-hybridized carbons (Fsp3) is 0.333. The number of nitrogens with one attached hydrogen (secondary N) is 2. The first-order valence-corrected chi connectivity index (χ1v) is 8.52. The third kappa shape index (κ3) is 5.03. The van der Waals surface area contributed by atoms with Crippen molar-refractivity contribution in [3.05, 3.63) is 18.2 Å². The van der Waals surface area contributed by atoms with Gasteiger partial charge in [0.05, 0.1) is 16.8 Å². The molecule has 0 unspecified atom stereocenters. The molecular formula is C9H15N3O5S2. The first-order valence-electron chi connectivity index (χ1n) is 5.14. The highest BCUT2D eigenvalue weighted by atomic mass is 32.2. The number of sulfonamides is 2. The van der Waals surface area contributed by atoms with Gasteiger partial charge in [-0.2, -0.15) is 0 Å². The minimum atomic E-state index is -3.79. The molecule has 0 spiro atoms. The largest absolute Gasteiger partial charge is 0.506 e. The van der Waals surface area contributed by atoms with Crippen LogP contribution in [0.2, 0.25) is 0 Å². The maximum Gasteiger partial charge on any atom is 0.240 e. The molecule has 8 nitrogen and oxygen atoms in total. The number of rotatable bonds is 6. The first-order chi connectivity index (χ1) is 8.62. The van der Waals surface area contributed by atoms with Gasteiger partial charge in [0.1, 0.15) is 5.75 Å². The number of anilines is 1. The summed E-state index contributed by atoms with van der Waals surface area (Å²) in [5.41, 5.74) is 5.34. The number of benzene rings is 1. The fourth-order valence-corrected chi connectivity index (χ4v) is 2.74. The zero-order chi connectivity index (χ0) is 14.7. The Kier molecular flexibility index (Phi) is 4.74. The number of hydrogen-bond donors (Lipinski definition) is 4. The van der Waals surface area contributed by atoms with E-state index in [9.17, 15) is 21.9 Å². The third-order valence-electron chi connectivity index (χ3n) is 2.09. The van der Waals surface area contributed by atoms with Gasteiger partial charge < -0.3 is 10.8 Å². The van der Waals surface area contributed by atoms with E-state index in [2.05, 4.69) is 9.44 Å². The van der Waals surface area contributed by atoms with Crippen molar-refractivity contribution < 1.29 is 21.9 Å². The molecule has 5 N–H and O–H groups in total. The lowest BCUT2D eigenvalue weighted by Crippen LogP contribution is -2.34. The Hall–Kier alpha value is -1.36. The summed E-state index contributed by atoms with van der Waals surface area (Å²) < 4.78 is 49.5. The molecule has 0 aromatic heterocycles. The van der Waals surface area contributed by atoms with Gasteiger partial charge in [0.2, 0.25) is 20.0 Å². The Morgan fingerprint density at radius 1 is 1.16 bits per heavy atom. The summed E-state index contributed by atoms with van der Waals surface area (Å²) in [6.07, 6.45) is 0.974. The molecule has 1 rings (SSSR count). The van der Waals surface area contributed by atoms with Crippen LogP contribution in [0.3, 0.4) is 0 Å². The number of nitrogens with two attached hydrogens (primary N) is 1. The molecule has 108 valence electrons. The van der Waals surface area contributed by atoms with E-state index < -0.39 is 20.0 Å². The van der Waals surface area contributed by atoms with Gasteiger partial charge in [0, 0.05) is 13.1 Å². The van der Waals surface area contributed by atoms with Crippen LogP contribution in [0.4, 0.5) is 5.69 Å². The number of hydrogen-bond acceptors (Lipinski definition) is 6. The SMILES string of the molecule is CS(=O)(=O)NCCNS(=O)(=O)c1ccc(O)c(N)c1. The third-order valence-corrected chi connectivity index (χ3v) is 4.28. The molecule has 1 aromatic carbocycles. The monoisotopic (exact) mass is 309 g/mol. The van der Waals surface area contributed by atoms with Crippen molar-refractivity contribution in [3.8, 4) is 5.75 Å². The maximum absolute atomic E-state index is 11.8. The van der Waals surface area contributed by atoms with Crippen LogP contribution in [0.25, 0.3) is 0 Å².